The number of aromatic nitrogens is 2. The number of benzene rings is 1. The molecule has 0 bridgehead atoms. The Kier molecular flexibility index (Phi) is 2.49. The lowest BCUT2D eigenvalue weighted by Crippen LogP contribution is -2.16. The maximum Gasteiger partial charge on any atom is 0.0746 e. The van der Waals surface area contributed by atoms with Crippen molar-refractivity contribution in [3.05, 3.63) is 72.1 Å². The first-order chi connectivity index (χ1) is 10.2. The van der Waals surface area contributed by atoms with Crippen molar-refractivity contribution >= 4 is 0 Å². The van der Waals surface area contributed by atoms with E-state index in [4.69, 9.17) is 0 Å². The quantitative estimate of drug-likeness (QED) is 0.654. The van der Waals surface area contributed by atoms with Crippen LogP contribution < -0.4 is 0 Å². The van der Waals surface area contributed by atoms with Crippen molar-refractivity contribution in [3.8, 4) is 22.5 Å². The summed E-state index contributed by atoms with van der Waals surface area (Å²) >= 11 is 0. The Morgan fingerprint density at radius 1 is 0.762 bits per heavy atom. The van der Waals surface area contributed by atoms with E-state index in [0.29, 0.717) is 0 Å². The Labute approximate surface area is 124 Å². The highest BCUT2D eigenvalue weighted by molar-refractivity contribution is 5.85. The first kappa shape index (κ1) is 12.3. The van der Waals surface area contributed by atoms with Crippen LogP contribution in [0.1, 0.15) is 25.0 Å². The molecule has 1 aliphatic carbocycles. The molecule has 2 heteroatoms. The first-order valence-electron chi connectivity index (χ1n) is 7.20. The molecular weight excluding hydrogens is 256 g/mol. The maximum atomic E-state index is 4.61. The summed E-state index contributed by atoms with van der Waals surface area (Å²) in [4.78, 5) is 9.15. The summed E-state index contributed by atoms with van der Waals surface area (Å²) < 4.78 is 0. The smallest absolute Gasteiger partial charge is 0.0746 e. The number of rotatable bonds is 1. The summed E-state index contributed by atoms with van der Waals surface area (Å²) in [6.07, 6.45) is 3.72. The summed E-state index contributed by atoms with van der Waals surface area (Å²) in [6, 6.07) is 16.7. The van der Waals surface area contributed by atoms with Crippen LogP contribution in [-0.2, 0) is 5.41 Å². The van der Waals surface area contributed by atoms with Crippen molar-refractivity contribution < 1.29 is 0 Å². The maximum absolute atomic E-state index is 4.61. The van der Waals surface area contributed by atoms with Crippen molar-refractivity contribution in [1.29, 1.82) is 0 Å². The van der Waals surface area contributed by atoms with Crippen LogP contribution in [0.3, 0.4) is 0 Å². The zero-order chi connectivity index (χ0) is 14.4. The van der Waals surface area contributed by atoms with Crippen molar-refractivity contribution in [3.63, 3.8) is 0 Å². The van der Waals surface area contributed by atoms with Gasteiger partial charge in [-0.05, 0) is 29.3 Å². The molecule has 0 amide bonds. The van der Waals surface area contributed by atoms with E-state index in [-0.39, 0.29) is 5.41 Å². The molecule has 4 rings (SSSR count). The van der Waals surface area contributed by atoms with Gasteiger partial charge >= 0.3 is 0 Å². The van der Waals surface area contributed by atoms with Gasteiger partial charge in [0.2, 0.25) is 0 Å². The van der Waals surface area contributed by atoms with E-state index >= 15 is 0 Å². The molecule has 0 spiro atoms. The second-order valence-electron chi connectivity index (χ2n) is 5.97. The molecule has 0 N–H and O–H groups in total. The SMILES string of the molecule is CC1(C)c2cccnc2-c2cccc(-c3ccccn3)c21. The summed E-state index contributed by atoms with van der Waals surface area (Å²) in [5.74, 6) is 0. The number of hydrogen-bond donors (Lipinski definition) is 0. The fraction of sp³-hybridized carbons (Fsp3) is 0.158. The summed E-state index contributed by atoms with van der Waals surface area (Å²) in [5, 5.41) is 0. The van der Waals surface area contributed by atoms with Crippen molar-refractivity contribution in [2.45, 2.75) is 19.3 Å². The molecule has 21 heavy (non-hydrogen) atoms. The fourth-order valence-corrected chi connectivity index (χ4v) is 3.42. The van der Waals surface area contributed by atoms with E-state index in [1.807, 2.05) is 30.6 Å². The largest absolute Gasteiger partial charge is 0.256 e. The van der Waals surface area contributed by atoms with Gasteiger partial charge in [0.15, 0.2) is 0 Å². The van der Waals surface area contributed by atoms with Crippen molar-refractivity contribution in [1.82, 2.24) is 9.97 Å². The van der Waals surface area contributed by atoms with E-state index in [9.17, 15) is 0 Å². The first-order valence-corrected chi connectivity index (χ1v) is 7.20. The van der Waals surface area contributed by atoms with Gasteiger partial charge in [-0.3, -0.25) is 9.97 Å². The Morgan fingerprint density at radius 3 is 2.38 bits per heavy atom. The number of hydrogen-bond acceptors (Lipinski definition) is 2. The van der Waals surface area contributed by atoms with Gasteiger partial charge in [0.1, 0.15) is 0 Å². The molecule has 0 saturated heterocycles. The van der Waals surface area contributed by atoms with Gasteiger partial charge in [-0.2, -0.15) is 0 Å². The van der Waals surface area contributed by atoms with Crippen LogP contribution in [0.2, 0.25) is 0 Å². The molecule has 2 heterocycles. The topological polar surface area (TPSA) is 25.8 Å². The third-order valence-corrected chi connectivity index (χ3v) is 4.37. The summed E-state index contributed by atoms with van der Waals surface area (Å²) in [5.41, 5.74) is 7.15. The average molecular weight is 272 g/mol. The minimum Gasteiger partial charge on any atom is -0.256 e. The van der Waals surface area contributed by atoms with Crippen LogP contribution >= 0.6 is 0 Å². The summed E-state index contributed by atoms with van der Waals surface area (Å²) in [6.45, 7) is 4.54. The predicted molar refractivity (Wildman–Crippen MR) is 85.0 cm³/mol. The molecule has 0 unspecified atom stereocenters. The number of fused-ring (bicyclic) bond motifs is 3. The van der Waals surface area contributed by atoms with Crippen LogP contribution in [-0.4, -0.2) is 9.97 Å². The second-order valence-corrected chi connectivity index (χ2v) is 5.97. The van der Waals surface area contributed by atoms with Gasteiger partial charge in [-0.15, -0.1) is 0 Å². The number of nitrogens with zero attached hydrogens (tertiary/aromatic N) is 2. The Hall–Kier alpha value is -2.48. The van der Waals surface area contributed by atoms with Crippen LogP contribution in [0.4, 0.5) is 0 Å². The van der Waals surface area contributed by atoms with Crippen LogP contribution in [0, 0.1) is 0 Å². The third-order valence-electron chi connectivity index (χ3n) is 4.37. The molecule has 0 saturated carbocycles. The van der Waals surface area contributed by atoms with E-state index in [1.54, 1.807) is 0 Å². The molecule has 1 aliphatic rings. The van der Waals surface area contributed by atoms with Crippen LogP contribution in [0.25, 0.3) is 22.5 Å². The molecule has 0 aliphatic heterocycles. The van der Waals surface area contributed by atoms with Crippen LogP contribution in [0.15, 0.2) is 60.9 Å². The zero-order valence-corrected chi connectivity index (χ0v) is 12.2. The molecule has 0 atom stereocenters. The molecule has 102 valence electrons. The third kappa shape index (κ3) is 1.65. The van der Waals surface area contributed by atoms with E-state index in [0.717, 1.165) is 11.4 Å². The lowest BCUT2D eigenvalue weighted by molar-refractivity contribution is 0.660. The zero-order valence-electron chi connectivity index (χ0n) is 12.2. The van der Waals surface area contributed by atoms with Crippen molar-refractivity contribution in [2.75, 3.05) is 0 Å². The van der Waals surface area contributed by atoms with Gasteiger partial charge in [0.25, 0.3) is 0 Å². The predicted octanol–water partition coefficient (Wildman–Crippen LogP) is 4.45. The second kappa shape index (κ2) is 4.26. The van der Waals surface area contributed by atoms with Gasteiger partial charge in [-0.25, -0.2) is 0 Å². The van der Waals surface area contributed by atoms with Crippen molar-refractivity contribution in [2.24, 2.45) is 0 Å². The molecule has 1 aromatic carbocycles. The lowest BCUT2D eigenvalue weighted by atomic mass is 9.79. The Balaban J connectivity index is 2.06. The Bertz CT molecular complexity index is 820. The number of pyridine rings is 2. The molecule has 3 aromatic rings. The summed E-state index contributed by atoms with van der Waals surface area (Å²) in [7, 11) is 0. The van der Waals surface area contributed by atoms with E-state index in [1.165, 1.54) is 22.3 Å². The minimum atomic E-state index is -0.0486. The molecular formula is C19H16N2. The standard InChI is InChI=1S/C19H16N2/c1-19(2)15-9-6-12-21-18(15)14-8-5-7-13(17(14)19)16-10-3-4-11-20-16/h3-12H,1-2H3. The van der Waals surface area contributed by atoms with Gasteiger partial charge in [-0.1, -0.05) is 44.2 Å². The van der Waals surface area contributed by atoms with E-state index in [2.05, 4.69) is 54.1 Å². The highest BCUT2D eigenvalue weighted by Crippen LogP contribution is 2.50. The molecule has 2 nitrogen and oxygen atoms in total. The van der Waals surface area contributed by atoms with Gasteiger partial charge in [0, 0.05) is 28.9 Å². The van der Waals surface area contributed by atoms with Gasteiger partial charge < -0.3 is 0 Å². The molecule has 0 radical (unpaired) electrons. The normalized spacial score (nSPS) is 14.6. The highest BCUT2D eigenvalue weighted by Gasteiger charge is 2.38. The van der Waals surface area contributed by atoms with Gasteiger partial charge in [0.05, 0.1) is 11.4 Å². The van der Waals surface area contributed by atoms with Crippen LogP contribution in [0.5, 0.6) is 0 Å². The monoisotopic (exact) mass is 272 g/mol. The average Bonchev–Trinajstić information content (AvgIpc) is 2.77. The minimum absolute atomic E-state index is 0.0486. The molecule has 0 fully saturated rings. The van der Waals surface area contributed by atoms with E-state index < -0.39 is 0 Å². The molecule has 2 aromatic heterocycles. The Morgan fingerprint density at radius 2 is 1.57 bits per heavy atom. The lowest BCUT2D eigenvalue weighted by Gasteiger charge is -2.23. The highest BCUT2D eigenvalue weighted by atomic mass is 14.7. The fourth-order valence-electron chi connectivity index (χ4n) is 3.42.